The molecular formula is C27H28N2O3. The Balaban J connectivity index is 1.62. The van der Waals surface area contributed by atoms with E-state index in [0.717, 1.165) is 16.7 Å². The third kappa shape index (κ3) is 4.24. The number of nitrogens with two attached hydrogens (primary N) is 1. The minimum absolute atomic E-state index is 0.112. The van der Waals surface area contributed by atoms with Crippen LogP contribution in [0.15, 0.2) is 72.8 Å². The van der Waals surface area contributed by atoms with Crippen LogP contribution in [-0.4, -0.2) is 36.9 Å². The van der Waals surface area contributed by atoms with Crippen LogP contribution in [0.3, 0.4) is 0 Å². The lowest BCUT2D eigenvalue weighted by molar-refractivity contribution is -0.126. The van der Waals surface area contributed by atoms with Gasteiger partial charge in [0.25, 0.3) is 5.91 Å². The van der Waals surface area contributed by atoms with Gasteiger partial charge < -0.3 is 15.4 Å². The molecule has 1 aliphatic rings. The van der Waals surface area contributed by atoms with Gasteiger partial charge in [0.2, 0.25) is 5.91 Å². The van der Waals surface area contributed by atoms with Gasteiger partial charge in [-0.05, 0) is 54.7 Å². The molecule has 1 saturated heterocycles. The van der Waals surface area contributed by atoms with E-state index in [1.807, 2.05) is 18.2 Å². The van der Waals surface area contributed by atoms with Crippen molar-refractivity contribution in [1.82, 2.24) is 4.90 Å². The lowest BCUT2D eigenvalue weighted by atomic mass is 9.78. The molecule has 1 aliphatic heterocycles. The van der Waals surface area contributed by atoms with Crippen LogP contribution < -0.4 is 10.5 Å². The highest BCUT2D eigenvalue weighted by Crippen LogP contribution is 2.38. The predicted octanol–water partition coefficient (Wildman–Crippen LogP) is 4.23. The summed E-state index contributed by atoms with van der Waals surface area (Å²) in [4.78, 5) is 27.6. The Morgan fingerprint density at radius 1 is 1.03 bits per heavy atom. The lowest BCUT2D eigenvalue weighted by Gasteiger charge is -2.27. The Hall–Kier alpha value is -3.60. The maximum Gasteiger partial charge on any atom is 0.254 e. The minimum atomic E-state index is -0.797. The first kappa shape index (κ1) is 21.6. The van der Waals surface area contributed by atoms with Crippen molar-refractivity contribution >= 4 is 11.8 Å². The van der Waals surface area contributed by atoms with Crippen LogP contribution in [0.1, 0.15) is 27.9 Å². The number of rotatable bonds is 6. The Morgan fingerprint density at radius 2 is 1.81 bits per heavy atom. The normalized spacial score (nSPS) is 17.9. The summed E-state index contributed by atoms with van der Waals surface area (Å²) in [5.74, 6) is 0.153. The number of amides is 2. The van der Waals surface area contributed by atoms with Crippen molar-refractivity contribution in [2.75, 3.05) is 20.2 Å². The number of hydrogen-bond acceptors (Lipinski definition) is 3. The second kappa shape index (κ2) is 8.87. The van der Waals surface area contributed by atoms with E-state index in [4.69, 9.17) is 10.5 Å². The van der Waals surface area contributed by atoms with Gasteiger partial charge in [-0.15, -0.1) is 0 Å². The molecule has 0 radical (unpaired) electrons. The van der Waals surface area contributed by atoms with Crippen molar-refractivity contribution in [1.29, 1.82) is 0 Å². The summed E-state index contributed by atoms with van der Waals surface area (Å²) >= 11 is 0. The molecule has 0 spiro atoms. The lowest BCUT2D eigenvalue weighted by Crippen LogP contribution is -2.42. The largest absolute Gasteiger partial charge is 0.497 e. The third-order valence-corrected chi connectivity index (χ3v) is 6.36. The van der Waals surface area contributed by atoms with Gasteiger partial charge in [0, 0.05) is 18.7 Å². The van der Waals surface area contributed by atoms with Crippen molar-refractivity contribution in [3.63, 3.8) is 0 Å². The predicted molar refractivity (Wildman–Crippen MR) is 125 cm³/mol. The molecule has 1 atom stereocenters. The molecule has 2 amide bonds. The summed E-state index contributed by atoms with van der Waals surface area (Å²) in [5, 5.41) is 0. The zero-order valence-electron chi connectivity index (χ0n) is 18.5. The smallest absolute Gasteiger partial charge is 0.254 e. The molecule has 5 heteroatoms. The molecule has 32 heavy (non-hydrogen) atoms. The molecule has 1 fully saturated rings. The first-order chi connectivity index (χ1) is 15.4. The van der Waals surface area contributed by atoms with E-state index in [0.29, 0.717) is 37.2 Å². The van der Waals surface area contributed by atoms with E-state index < -0.39 is 5.41 Å². The van der Waals surface area contributed by atoms with E-state index in [9.17, 15) is 9.59 Å². The highest BCUT2D eigenvalue weighted by molar-refractivity contribution is 5.95. The van der Waals surface area contributed by atoms with Gasteiger partial charge in [-0.1, -0.05) is 60.2 Å². The molecular weight excluding hydrogens is 400 g/mol. The number of likely N-dealkylation sites (tertiary alicyclic amines) is 1. The molecule has 0 aromatic heterocycles. The first-order valence-corrected chi connectivity index (χ1v) is 10.8. The maximum absolute atomic E-state index is 13.1. The van der Waals surface area contributed by atoms with Gasteiger partial charge in [0.1, 0.15) is 5.75 Å². The number of methoxy groups -OCH3 is 1. The van der Waals surface area contributed by atoms with Crippen LogP contribution in [0, 0.1) is 12.3 Å². The third-order valence-electron chi connectivity index (χ3n) is 6.36. The summed E-state index contributed by atoms with van der Waals surface area (Å²) in [7, 11) is 1.57. The van der Waals surface area contributed by atoms with Gasteiger partial charge in [0.15, 0.2) is 0 Å². The standard InChI is InChI=1S/C27H28N2O3/c1-19-7-5-9-20(15-19)24-12-4-3-8-22(24)17-27(26(28)31)13-14-29(18-27)25(30)21-10-6-11-23(16-21)32-2/h3-12,15-16H,13-14,17-18H2,1-2H3,(H2,28,31)/t27-/m0/s1. The molecule has 5 nitrogen and oxygen atoms in total. The van der Waals surface area contributed by atoms with E-state index in [1.165, 1.54) is 5.56 Å². The second-order valence-electron chi connectivity index (χ2n) is 8.56. The molecule has 1 heterocycles. The average Bonchev–Trinajstić information content (AvgIpc) is 3.24. The topological polar surface area (TPSA) is 72.6 Å². The van der Waals surface area contributed by atoms with Crippen molar-refractivity contribution < 1.29 is 14.3 Å². The van der Waals surface area contributed by atoms with Gasteiger partial charge in [-0.3, -0.25) is 9.59 Å². The minimum Gasteiger partial charge on any atom is -0.497 e. The van der Waals surface area contributed by atoms with Crippen molar-refractivity contribution in [2.45, 2.75) is 19.8 Å². The van der Waals surface area contributed by atoms with E-state index in [-0.39, 0.29) is 11.8 Å². The fourth-order valence-electron chi connectivity index (χ4n) is 4.55. The zero-order valence-corrected chi connectivity index (χ0v) is 18.5. The van der Waals surface area contributed by atoms with Crippen LogP contribution in [0.2, 0.25) is 0 Å². The number of benzene rings is 3. The van der Waals surface area contributed by atoms with Crippen LogP contribution in [0.5, 0.6) is 5.75 Å². The molecule has 164 valence electrons. The fraction of sp³-hybridized carbons (Fsp3) is 0.259. The molecule has 0 bridgehead atoms. The van der Waals surface area contributed by atoms with E-state index in [1.54, 1.807) is 36.3 Å². The number of carbonyl (C=O) groups is 2. The van der Waals surface area contributed by atoms with Crippen LogP contribution >= 0.6 is 0 Å². The summed E-state index contributed by atoms with van der Waals surface area (Å²) < 4.78 is 5.24. The van der Waals surface area contributed by atoms with Gasteiger partial charge in [0.05, 0.1) is 12.5 Å². The van der Waals surface area contributed by atoms with Crippen LogP contribution in [0.4, 0.5) is 0 Å². The molecule has 0 aliphatic carbocycles. The first-order valence-electron chi connectivity index (χ1n) is 10.8. The highest BCUT2D eigenvalue weighted by Gasteiger charge is 2.45. The molecule has 3 aromatic carbocycles. The van der Waals surface area contributed by atoms with E-state index in [2.05, 4.69) is 37.3 Å². The summed E-state index contributed by atoms with van der Waals surface area (Å²) in [6, 6.07) is 23.5. The van der Waals surface area contributed by atoms with Crippen LogP contribution in [-0.2, 0) is 11.2 Å². The Bertz CT molecular complexity index is 1160. The molecule has 0 unspecified atom stereocenters. The monoisotopic (exact) mass is 428 g/mol. The molecule has 2 N–H and O–H groups in total. The number of hydrogen-bond donors (Lipinski definition) is 1. The Kier molecular flexibility index (Phi) is 5.99. The van der Waals surface area contributed by atoms with Crippen molar-refractivity contribution in [3.05, 3.63) is 89.5 Å². The van der Waals surface area contributed by atoms with Gasteiger partial charge in [-0.25, -0.2) is 0 Å². The maximum atomic E-state index is 13.1. The average molecular weight is 429 g/mol. The number of aryl methyl sites for hydroxylation is 1. The fourth-order valence-corrected chi connectivity index (χ4v) is 4.55. The van der Waals surface area contributed by atoms with Gasteiger partial charge in [-0.2, -0.15) is 0 Å². The Labute approximate surface area is 188 Å². The zero-order chi connectivity index (χ0) is 22.7. The number of ether oxygens (including phenoxy) is 1. The highest BCUT2D eigenvalue weighted by atomic mass is 16.5. The second-order valence-corrected chi connectivity index (χ2v) is 8.56. The van der Waals surface area contributed by atoms with Crippen molar-refractivity contribution in [3.8, 4) is 16.9 Å². The van der Waals surface area contributed by atoms with Crippen LogP contribution in [0.25, 0.3) is 11.1 Å². The van der Waals surface area contributed by atoms with Gasteiger partial charge >= 0.3 is 0 Å². The van der Waals surface area contributed by atoms with Crippen molar-refractivity contribution in [2.24, 2.45) is 11.1 Å². The summed E-state index contributed by atoms with van der Waals surface area (Å²) in [6.45, 7) is 2.86. The summed E-state index contributed by atoms with van der Waals surface area (Å²) in [6.07, 6.45) is 1.04. The summed E-state index contributed by atoms with van der Waals surface area (Å²) in [5.41, 5.74) is 10.1. The van der Waals surface area contributed by atoms with E-state index >= 15 is 0 Å². The quantitative estimate of drug-likeness (QED) is 0.639. The number of nitrogens with zero attached hydrogens (tertiary/aromatic N) is 1. The molecule has 4 rings (SSSR count). The Morgan fingerprint density at radius 3 is 2.56 bits per heavy atom. The number of primary amides is 1. The number of carbonyl (C=O) groups excluding carboxylic acids is 2. The molecule has 0 saturated carbocycles. The molecule has 3 aromatic rings. The SMILES string of the molecule is COc1cccc(C(=O)N2CC[C@@](Cc3ccccc3-c3cccc(C)c3)(C(N)=O)C2)c1.